The van der Waals surface area contributed by atoms with Gasteiger partial charge in [0, 0.05) is 12.8 Å². The predicted octanol–water partition coefficient (Wildman–Crippen LogP) is 2.16. The van der Waals surface area contributed by atoms with Crippen molar-refractivity contribution in [3.63, 3.8) is 0 Å². The lowest BCUT2D eigenvalue weighted by atomic mass is 10.2. The van der Waals surface area contributed by atoms with Gasteiger partial charge in [0.2, 0.25) is 0 Å². The Bertz CT molecular complexity index is 243. The van der Waals surface area contributed by atoms with E-state index in [1.54, 1.807) is 0 Å². The molecule has 84 valence electrons. The maximum atomic E-state index is 5.44. The van der Waals surface area contributed by atoms with Crippen LogP contribution < -0.4 is 5.32 Å². The lowest BCUT2D eigenvalue weighted by molar-refractivity contribution is 0.122. The third kappa shape index (κ3) is 4.40. The fourth-order valence-electron chi connectivity index (χ4n) is 1.39. The maximum absolute atomic E-state index is 5.44. The van der Waals surface area contributed by atoms with Crippen LogP contribution in [-0.2, 0) is 4.74 Å². The molecule has 1 unspecified atom stereocenters. The topological polar surface area (TPSA) is 34.1 Å². The Morgan fingerprint density at radius 2 is 2.27 bits per heavy atom. The van der Waals surface area contributed by atoms with Gasteiger partial charge in [0.15, 0.2) is 0 Å². The smallest absolute Gasteiger partial charge is 0.0732 e. The highest BCUT2D eigenvalue weighted by Crippen LogP contribution is 2.09. The summed E-state index contributed by atoms with van der Waals surface area (Å²) in [5, 5.41) is 3.43. The van der Waals surface area contributed by atoms with E-state index in [0.717, 1.165) is 25.3 Å². The fourth-order valence-corrected chi connectivity index (χ4v) is 1.39. The van der Waals surface area contributed by atoms with Gasteiger partial charge in [0.05, 0.1) is 18.3 Å². The van der Waals surface area contributed by atoms with Gasteiger partial charge in [-0.1, -0.05) is 13.0 Å². The third-order valence-electron chi connectivity index (χ3n) is 2.17. The summed E-state index contributed by atoms with van der Waals surface area (Å²) in [6, 6.07) is 6.19. The summed E-state index contributed by atoms with van der Waals surface area (Å²) in [7, 11) is 0. The van der Waals surface area contributed by atoms with Crippen molar-refractivity contribution in [2.24, 2.45) is 0 Å². The highest BCUT2D eigenvalue weighted by atomic mass is 16.5. The van der Waals surface area contributed by atoms with Crippen molar-refractivity contribution in [3.8, 4) is 0 Å². The van der Waals surface area contributed by atoms with Crippen LogP contribution >= 0.6 is 0 Å². The van der Waals surface area contributed by atoms with Crippen LogP contribution in [0.5, 0.6) is 0 Å². The van der Waals surface area contributed by atoms with Crippen LogP contribution in [0, 0.1) is 0 Å². The lowest BCUT2D eigenvalue weighted by Crippen LogP contribution is -2.27. The normalized spacial score (nSPS) is 12.7. The van der Waals surface area contributed by atoms with E-state index in [1.165, 1.54) is 0 Å². The van der Waals surface area contributed by atoms with E-state index in [4.69, 9.17) is 4.74 Å². The van der Waals surface area contributed by atoms with Crippen LogP contribution in [0.15, 0.2) is 24.4 Å². The van der Waals surface area contributed by atoms with Crippen molar-refractivity contribution >= 4 is 0 Å². The molecule has 1 atom stereocenters. The van der Waals surface area contributed by atoms with Gasteiger partial charge < -0.3 is 10.1 Å². The molecule has 0 aromatic carbocycles. The van der Waals surface area contributed by atoms with Crippen molar-refractivity contribution in [3.05, 3.63) is 30.1 Å². The number of nitrogens with zero attached hydrogens (tertiary/aromatic N) is 1. The Morgan fingerprint density at radius 3 is 2.87 bits per heavy atom. The van der Waals surface area contributed by atoms with Gasteiger partial charge in [-0.05, 0) is 32.0 Å². The molecular weight excluding hydrogens is 188 g/mol. The second kappa shape index (κ2) is 7.37. The minimum Gasteiger partial charge on any atom is -0.380 e. The van der Waals surface area contributed by atoms with Gasteiger partial charge in [-0.25, -0.2) is 0 Å². The molecule has 0 aliphatic carbocycles. The SMILES string of the molecule is CCCNC(COCC)c1ccccn1. The number of pyridine rings is 1. The molecule has 0 spiro atoms. The molecule has 15 heavy (non-hydrogen) atoms. The summed E-state index contributed by atoms with van der Waals surface area (Å²) in [4.78, 5) is 4.34. The molecule has 1 aromatic rings. The number of ether oxygens (including phenoxy) is 1. The molecule has 0 aliphatic rings. The minimum atomic E-state index is 0.214. The monoisotopic (exact) mass is 208 g/mol. The number of aromatic nitrogens is 1. The Kier molecular flexibility index (Phi) is 5.97. The quantitative estimate of drug-likeness (QED) is 0.745. The molecule has 0 bridgehead atoms. The van der Waals surface area contributed by atoms with Crippen LogP contribution in [0.4, 0.5) is 0 Å². The summed E-state index contributed by atoms with van der Waals surface area (Å²) in [6.07, 6.45) is 2.94. The van der Waals surface area contributed by atoms with Crippen molar-refractivity contribution in [1.82, 2.24) is 10.3 Å². The van der Waals surface area contributed by atoms with Gasteiger partial charge in [-0.2, -0.15) is 0 Å². The summed E-state index contributed by atoms with van der Waals surface area (Å²) < 4.78 is 5.44. The summed E-state index contributed by atoms with van der Waals surface area (Å²) >= 11 is 0. The predicted molar refractivity (Wildman–Crippen MR) is 61.8 cm³/mol. The zero-order valence-electron chi connectivity index (χ0n) is 9.57. The summed E-state index contributed by atoms with van der Waals surface area (Å²) in [5.41, 5.74) is 1.06. The second-order valence-electron chi connectivity index (χ2n) is 3.42. The molecule has 0 saturated heterocycles. The van der Waals surface area contributed by atoms with E-state index in [2.05, 4.69) is 17.2 Å². The van der Waals surface area contributed by atoms with Crippen molar-refractivity contribution < 1.29 is 4.74 Å². The average Bonchev–Trinajstić information content (AvgIpc) is 2.30. The first-order chi connectivity index (χ1) is 7.38. The van der Waals surface area contributed by atoms with Gasteiger partial charge in [0.25, 0.3) is 0 Å². The van der Waals surface area contributed by atoms with E-state index >= 15 is 0 Å². The Morgan fingerprint density at radius 1 is 1.40 bits per heavy atom. The molecule has 1 heterocycles. The van der Waals surface area contributed by atoms with E-state index in [1.807, 2.05) is 31.3 Å². The molecular formula is C12H20N2O. The summed E-state index contributed by atoms with van der Waals surface area (Å²) in [6.45, 7) is 6.59. The van der Waals surface area contributed by atoms with Gasteiger partial charge in [0.1, 0.15) is 0 Å². The standard InChI is InChI=1S/C12H20N2O/c1-3-8-13-12(10-15-4-2)11-7-5-6-9-14-11/h5-7,9,12-13H,3-4,8,10H2,1-2H3. The van der Waals surface area contributed by atoms with Crippen LogP contribution in [-0.4, -0.2) is 24.7 Å². The molecule has 0 radical (unpaired) electrons. The fraction of sp³-hybridized carbons (Fsp3) is 0.583. The summed E-state index contributed by atoms with van der Waals surface area (Å²) in [5.74, 6) is 0. The Hall–Kier alpha value is -0.930. The van der Waals surface area contributed by atoms with E-state index in [0.29, 0.717) is 6.61 Å². The minimum absolute atomic E-state index is 0.214. The highest BCUT2D eigenvalue weighted by molar-refractivity contribution is 5.08. The molecule has 0 aliphatic heterocycles. The molecule has 3 heteroatoms. The van der Waals surface area contributed by atoms with Crippen molar-refractivity contribution in [1.29, 1.82) is 0 Å². The highest BCUT2D eigenvalue weighted by Gasteiger charge is 2.10. The lowest BCUT2D eigenvalue weighted by Gasteiger charge is -2.17. The van der Waals surface area contributed by atoms with Crippen LogP contribution in [0.25, 0.3) is 0 Å². The molecule has 0 saturated carbocycles. The molecule has 0 amide bonds. The zero-order chi connectivity index (χ0) is 10.9. The molecule has 1 rings (SSSR count). The number of rotatable bonds is 7. The van der Waals surface area contributed by atoms with E-state index < -0.39 is 0 Å². The maximum Gasteiger partial charge on any atom is 0.0732 e. The van der Waals surface area contributed by atoms with E-state index in [9.17, 15) is 0 Å². The first-order valence-corrected chi connectivity index (χ1v) is 5.60. The van der Waals surface area contributed by atoms with Crippen molar-refractivity contribution in [2.45, 2.75) is 26.3 Å². The van der Waals surface area contributed by atoms with Crippen LogP contribution in [0.3, 0.4) is 0 Å². The largest absolute Gasteiger partial charge is 0.380 e. The molecule has 0 fully saturated rings. The second-order valence-corrected chi connectivity index (χ2v) is 3.42. The molecule has 1 aromatic heterocycles. The number of nitrogens with one attached hydrogen (secondary N) is 1. The first-order valence-electron chi connectivity index (χ1n) is 5.60. The van der Waals surface area contributed by atoms with Crippen molar-refractivity contribution in [2.75, 3.05) is 19.8 Å². The van der Waals surface area contributed by atoms with Crippen LogP contribution in [0.2, 0.25) is 0 Å². The Labute approximate surface area is 91.9 Å². The van der Waals surface area contributed by atoms with E-state index in [-0.39, 0.29) is 6.04 Å². The van der Waals surface area contributed by atoms with Gasteiger partial charge >= 0.3 is 0 Å². The first kappa shape index (κ1) is 12.1. The Balaban J connectivity index is 2.55. The number of hydrogen-bond donors (Lipinski definition) is 1. The number of hydrogen-bond acceptors (Lipinski definition) is 3. The molecule has 1 N–H and O–H groups in total. The third-order valence-corrected chi connectivity index (χ3v) is 2.17. The van der Waals surface area contributed by atoms with Crippen LogP contribution in [0.1, 0.15) is 32.0 Å². The average molecular weight is 208 g/mol. The van der Waals surface area contributed by atoms with Gasteiger partial charge in [-0.15, -0.1) is 0 Å². The van der Waals surface area contributed by atoms with Gasteiger partial charge in [-0.3, -0.25) is 4.98 Å². The zero-order valence-corrected chi connectivity index (χ0v) is 9.57. The molecule has 3 nitrogen and oxygen atoms in total.